The van der Waals surface area contributed by atoms with Crippen LogP contribution in [0, 0.1) is 17.8 Å². The molecule has 0 aromatic rings. The Hall–Kier alpha value is -0.530. The van der Waals surface area contributed by atoms with Crippen LogP contribution in [0.1, 0.15) is 47.0 Å². The molecule has 2 nitrogen and oxygen atoms in total. The van der Waals surface area contributed by atoms with Crippen molar-refractivity contribution in [2.24, 2.45) is 17.8 Å². The summed E-state index contributed by atoms with van der Waals surface area (Å²) in [6.45, 7) is 8.92. The van der Waals surface area contributed by atoms with Crippen LogP contribution < -0.4 is 5.32 Å². The predicted octanol–water partition coefficient (Wildman–Crippen LogP) is 2.58. The molecule has 2 unspecified atom stereocenters. The Labute approximate surface area is 87.5 Å². The van der Waals surface area contributed by atoms with E-state index in [0.717, 1.165) is 6.42 Å². The molecule has 0 aromatic heterocycles. The maximum atomic E-state index is 11.5. The Kier molecular flexibility index (Phi) is 3.97. The largest absolute Gasteiger partial charge is 0.353 e. The molecule has 82 valence electrons. The SMILES string of the molecule is CC(C)C1CCCC(=O)NC1C(C)C. The van der Waals surface area contributed by atoms with E-state index in [1.165, 1.54) is 6.42 Å². The van der Waals surface area contributed by atoms with Crippen LogP contribution in [0.15, 0.2) is 0 Å². The molecule has 2 heteroatoms. The zero-order valence-corrected chi connectivity index (χ0v) is 9.84. The van der Waals surface area contributed by atoms with Crippen LogP contribution >= 0.6 is 0 Å². The van der Waals surface area contributed by atoms with E-state index in [-0.39, 0.29) is 5.91 Å². The van der Waals surface area contributed by atoms with Crippen molar-refractivity contribution in [2.45, 2.75) is 53.0 Å². The fraction of sp³-hybridized carbons (Fsp3) is 0.917. The topological polar surface area (TPSA) is 29.1 Å². The van der Waals surface area contributed by atoms with E-state index in [1.54, 1.807) is 0 Å². The van der Waals surface area contributed by atoms with Gasteiger partial charge in [0.25, 0.3) is 0 Å². The number of hydrogen-bond acceptors (Lipinski definition) is 1. The Morgan fingerprint density at radius 1 is 1.21 bits per heavy atom. The summed E-state index contributed by atoms with van der Waals surface area (Å²) >= 11 is 0. The molecule has 1 rings (SSSR count). The van der Waals surface area contributed by atoms with Gasteiger partial charge in [0.05, 0.1) is 0 Å². The third kappa shape index (κ3) is 2.73. The third-order valence-corrected chi connectivity index (χ3v) is 3.30. The maximum Gasteiger partial charge on any atom is 0.220 e. The van der Waals surface area contributed by atoms with Crippen molar-refractivity contribution in [2.75, 3.05) is 0 Å². The van der Waals surface area contributed by atoms with E-state index >= 15 is 0 Å². The van der Waals surface area contributed by atoms with E-state index in [9.17, 15) is 4.79 Å². The molecule has 1 saturated heterocycles. The van der Waals surface area contributed by atoms with Gasteiger partial charge < -0.3 is 5.32 Å². The molecule has 14 heavy (non-hydrogen) atoms. The van der Waals surface area contributed by atoms with Gasteiger partial charge in [-0.2, -0.15) is 0 Å². The predicted molar refractivity (Wildman–Crippen MR) is 58.9 cm³/mol. The van der Waals surface area contributed by atoms with Gasteiger partial charge in [0, 0.05) is 12.5 Å². The highest BCUT2D eigenvalue weighted by Crippen LogP contribution is 2.28. The van der Waals surface area contributed by atoms with Crippen molar-refractivity contribution in [3.8, 4) is 0 Å². The molecule has 0 bridgehead atoms. The van der Waals surface area contributed by atoms with E-state index in [1.807, 2.05) is 0 Å². The van der Waals surface area contributed by atoms with Gasteiger partial charge in [-0.15, -0.1) is 0 Å². The van der Waals surface area contributed by atoms with Crippen LogP contribution in [-0.4, -0.2) is 11.9 Å². The lowest BCUT2D eigenvalue weighted by molar-refractivity contribution is -0.121. The fourth-order valence-electron chi connectivity index (χ4n) is 2.45. The number of carbonyl (C=O) groups is 1. The highest BCUT2D eigenvalue weighted by molar-refractivity contribution is 5.76. The molecule has 1 fully saturated rings. The Balaban J connectivity index is 2.74. The van der Waals surface area contributed by atoms with Gasteiger partial charge in [0.1, 0.15) is 0 Å². The molecular weight excluding hydrogens is 174 g/mol. The van der Waals surface area contributed by atoms with Crippen LogP contribution in [0.3, 0.4) is 0 Å². The lowest BCUT2D eigenvalue weighted by Crippen LogP contribution is -2.43. The molecule has 1 heterocycles. The normalized spacial score (nSPS) is 29.1. The summed E-state index contributed by atoms with van der Waals surface area (Å²) < 4.78 is 0. The van der Waals surface area contributed by atoms with Crippen molar-refractivity contribution >= 4 is 5.91 Å². The zero-order valence-electron chi connectivity index (χ0n) is 9.84. The molecule has 0 spiro atoms. The van der Waals surface area contributed by atoms with Gasteiger partial charge in [-0.25, -0.2) is 0 Å². The lowest BCUT2D eigenvalue weighted by Gasteiger charge is -2.31. The van der Waals surface area contributed by atoms with E-state index in [2.05, 4.69) is 33.0 Å². The fourth-order valence-corrected chi connectivity index (χ4v) is 2.45. The number of carbonyl (C=O) groups excluding carboxylic acids is 1. The first-order valence-corrected chi connectivity index (χ1v) is 5.81. The molecule has 1 aliphatic heterocycles. The minimum Gasteiger partial charge on any atom is -0.353 e. The molecule has 0 radical (unpaired) electrons. The Bertz CT molecular complexity index is 198. The van der Waals surface area contributed by atoms with Crippen molar-refractivity contribution in [3.05, 3.63) is 0 Å². The standard InChI is InChI=1S/C12H23NO/c1-8(2)10-6-5-7-11(14)13-12(10)9(3)4/h8-10,12H,5-7H2,1-4H3,(H,13,14). The summed E-state index contributed by atoms with van der Waals surface area (Å²) in [6, 6.07) is 0.380. The first-order chi connectivity index (χ1) is 6.52. The van der Waals surface area contributed by atoms with Gasteiger partial charge in [0.15, 0.2) is 0 Å². The molecule has 1 amide bonds. The van der Waals surface area contributed by atoms with Crippen LogP contribution in [0.5, 0.6) is 0 Å². The minimum atomic E-state index is 0.242. The minimum absolute atomic E-state index is 0.242. The van der Waals surface area contributed by atoms with Gasteiger partial charge in [-0.05, 0) is 30.6 Å². The molecule has 0 aliphatic carbocycles. The summed E-state index contributed by atoms with van der Waals surface area (Å²) in [7, 11) is 0. The summed E-state index contributed by atoms with van der Waals surface area (Å²) in [4.78, 5) is 11.5. The zero-order chi connectivity index (χ0) is 10.7. The number of rotatable bonds is 2. The smallest absolute Gasteiger partial charge is 0.220 e. The molecule has 1 aliphatic rings. The lowest BCUT2D eigenvalue weighted by atomic mass is 9.80. The second kappa shape index (κ2) is 4.81. The Morgan fingerprint density at radius 3 is 2.36 bits per heavy atom. The van der Waals surface area contributed by atoms with Crippen LogP contribution in [-0.2, 0) is 4.79 Å². The molecule has 0 aromatic carbocycles. The van der Waals surface area contributed by atoms with Crippen LogP contribution in [0.2, 0.25) is 0 Å². The molecule has 2 atom stereocenters. The number of hydrogen-bond donors (Lipinski definition) is 1. The van der Waals surface area contributed by atoms with Crippen molar-refractivity contribution in [1.82, 2.24) is 5.32 Å². The second-order valence-corrected chi connectivity index (χ2v) is 5.14. The van der Waals surface area contributed by atoms with Gasteiger partial charge in [-0.1, -0.05) is 27.7 Å². The quantitative estimate of drug-likeness (QED) is 0.724. The first kappa shape index (κ1) is 11.5. The molecular formula is C12H23NO. The average Bonchev–Trinajstić information content (AvgIpc) is 2.26. The van der Waals surface area contributed by atoms with E-state index < -0.39 is 0 Å². The van der Waals surface area contributed by atoms with E-state index in [4.69, 9.17) is 0 Å². The van der Waals surface area contributed by atoms with Gasteiger partial charge >= 0.3 is 0 Å². The third-order valence-electron chi connectivity index (χ3n) is 3.30. The van der Waals surface area contributed by atoms with Crippen molar-refractivity contribution in [1.29, 1.82) is 0 Å². The maximum absolute atomic E-state index is 11.5. The van der Waals surface area contributed by atoms with Gasteiger partial charge in [0.2, 0.25) is 5.91 Å². The number of nitrogens with one attached hydrogen (secondary N) is 1. The van der Waals surface area contributed by atoms with Gasteiger partial charge in [-0.3, -0.25) is 4.79 Å². The Morgan fingerprint density at radius 2 is 1.86 bits per heavy atom. The molecule has 1 N–H and O–H groups in total. The van der Waals surface area contributed by atoms with Crippen molar-refractivity contribution in [3.63, 3.8) is 0 Å². The van der Waals surface area contributed by atoms with Crippen LogP contribution in [0.4, 0.5) is 0 Å². The summed E-state index contributed by atoms with van der Waals surface area (Å²) in [5, 5.41) is 3.17. The number of amides is 1. The monoisotopic (exact) mass is 197 g/mol. The highest BCUT2D eigenvalue weighted by Gasteiger charge is 2.30. The van der Waals surface area contributed by atoms with Crippen LogP contribution in [0.25, 0.3) is 0 Å². The van der Waals surface area contributed by atoms with Crippen molar-refractivity contribution < 1.29 is 4.79 Å². The average molecular weight is 197 g/mol. The first-order valence-electron chi connectivity index (χ1n) is 5.81. The highest BCUT2D eigenvalue weighted by atomic mass is 16.1. The second-order valence-electron chi connectivity index (χ2n) is 5.14. The van der Waals surface area contributed by atoms with E-state index in [0.29, 0.717) is 30.2 Å². The summed E-state index contributed by atoms with van der Waals surface area (Å²) in [5.74, 6) is 2.11. The summed E-state index contributed by atoms with van der Waals surface area (Å²) in [5.41, 5.74) is 0. The summed E-state index contributed by atoms with van der Waals surface area (Å²) in [6.07, 6.45) is 2.96. The molecule has 0 saturated carbocycles.